The van der Waals surface area contributed by atoms with Crippen LogP contribution in [0, 0.1) is 0 Å². The number of carbonyl (C=O) groups excluding carboxylic acids is 2. The maximum absolute atomic E-state index is 11.7. The lowest BCUT2D eigenvalue weighted by Gasteiger charge is -2.24. The molecule has 3 rings (SSSR count). The minimum atomic E-state index is -0.580. The maximum Gasteiger partial charge on any atom is 0.296 e. The average Bonchev–Trinajstić information content (AvgIpc) is 3.06. The molecule has 0 atom stereocenters. The highest BCUT2D eigenvalue weighted by atomic mass is 79.9. The Morgan fingerprint density at radius 3 is 2.81 bits per heavy atom. The van der Waals surface area contributed by atoms with Crippen molar-refractivity contribution in [3.05, 3.63) is 46.3 Å². The second-order valence-corrected chi connectivity index (χ2v) is 5.58. The predicted octanol–water partition coefficient (Wildman–Crippen LogP) is 3.20. The third-order valence-corrected chi connectivity index (χ3v) is 4.07. The number of Topliss-reactive ketones (excluding diaryl/α,β-unsaturated/α-hetero) is 1. The lowest BCUT2D eigenvalue weighted by Crippen LogP contribution is -2.22. The zero-order chi connectivity index (χ0) is 15.0. The van der Waals surface area contributed by atoms with Gasteiger partial charge >= 0.3 is 0 Å². The zero-order valence-corrected chi connectivity index (χ0v) is 12.9. The number of nitrogens with zero attached hydrogens (tertiary/aromatic N) is 1. The van der Waals surface area contributed by atoms with Gasteiger partial charge in [-0.25, -0.2) is 0 Å². The number of nitrogens with one attached hydrogen (secondary N) is 1. The Morgan fingerprint density at radius 2 is 2.14 bits per heavy atom. The van der Waals surface area contributed by atoms with Gasteiger partial charge in [-0.1, -0.05) is 0 Å². The highest BCUT2D eigenvalue weighted by molar-refractivity contribution is 9.10. The molecule has 2 heterocycles. The van der Waals surface area contributed by atoms with Crippen molar-refractivity contribution < 1.29 is 14.0 Å². The quantitative estimate of drug-likeness (QED) is 0.861. The highest BCUT2D eigenvalue weighted by Gasteiger charge is 2.29. The lowest BCUT2D eigenvalue weighted by atomic mass is 10.1. The Kier molecular flexibility index (Phi) is 3.55. The molecule has 2 aromatic rings. The number of amides is 1. The lowest BCUT2D eigenvalue weighted by molar-refractivity contribution is -0.112. The van der Waals surface area contributed by atoms with Gasteiger partial charge in [0.1, 0.15) is 5.76 Å². The third kappa shape index (κ3) is 2.47. The van der Waals surface area contributed by atoms with Crippen LogP contribution in [0.3, 0.4) is 0 Å². The van der Waals surface area contributed by atoms with E-state index in [4.69, 9.17) is 4.42 Å². The number of hydrogen-bond acceptors (Lipinski definition) is 4. The smallest absolute Gasteiger partial charge is 0.296 e. The molecule has 1 aliphatic rings. The Bertz CT molecular complexity index is 710. The van der Waals surface area contributed by atoms with Gasteiger partial charge in [-0.15, -0.1) is 0 Å². The van der Waals surface area contributed by atoms with Gasteiger partial charge in [0.15, 0.2) is 0 Å². The molecular formula is C15H13BrN2O3. The van der Waals surface area contributed by atoms with Crippen LogP contribution in [-0.2, 0) is 11.3 Å². The first-order valence-corrected chi connectivity index (χ1v) is 7.36. The molecule has 0 bridgehead atoms. The summed E-state index contributed by atoms with van der Waals surface area (Å²) < 4.78 is 6.15. The Morgan fingerprint density at radius 1 is 1.33 bits per heavy atom. The minimum Gasteiger partial charge on any atom is -0.467 e. The molecule has 108 valence electrons. The fourth-order valence-electron chi connectivity index (χ4n) is 2.35. The van der Waals surface area contributed by atoms with E-state index in [9.17, 15) is 9.59 Å². The molecule has 0 saturated heterocycles. The molecule has 1 N–H and O–H groups in total. The summed E-state index contributed by atoms with van der Waals surface area (Å²) in [6, 6.07) is 7.26. The average molecular weight is 349 g/mol. The van der Waals surface area contributed by atoms with Gasteiger partial charge in [0.25, 0.3) is 11.7 Å². The minimum absolute atomic E-state index is 0.407. The van der Waals surface area contributed by atoms with Gasteiger partial charge in [-0.2, -0.15) is 0 Å². The van der Waals surface area contributed by atoms with E-state index in [1.54, 1.807) is 12.3 Å². The number of rotatable bonds is 4. The van der Waals surface area contributed by atoms with Crippen LogP contribution in [-0.4, -0.2) is 18.2 Å². The first-order chi connectivity index (χ1) is 10.1. The van der Waals surface area contributed by atoms with E-state index in [1.807, 2.05) is 25.1 Å². The van der Waals surface area contributed by atoms with Crippen LogP contribution >= 0.6 is 15.9 Å². The zero-order valence-electron chi connectivity index (χ0n) is 11.4. The molecule has 1 aliphatic heterocycles. The summed E-state index contributed by atoms with van der Waals surface area (Å²) in [6.45, 7) is 3.41. The summed E-state index contributed by atoms with van der Waals surface area (Å²) in [5.74, 6) is -0.223. The van der Waals surface area contributed by atoms with Crippen molar-refractivity contribution in [3.63, 3.8) is 0 Å². The molecule has 1 aromatic heterocycles. The van der Waals surface area contributed by atoms with Gasteiger partial charge in [0, 0.05) is 11.0 Å². The van der Waals surface area contributed by atoms with Crippen LogP contribution < -0.4 is 10.2 Å². The van der Waals surface area contributed by atoms with Crippen LogP contribution in [0.15, 0.2) is 39.4 Å². The van der Waals surface area contributed by atoms with Crippen molar-refractivity contribution in [2.75, 3.05) is 16.8 Å². The van der Waals surface area contributed by atoms with E-state index in [-0.39, 0.29) is 0 Å². The number of benzene rings is 1. The SMILES string of the molecule is CCN(Cc1ccco1)c1cc2c(cc1Br)C(=O)C(=O)N2. The van der Waals surface area contributed by atoms with Crippen molar-refractivity contribution in [2.45, 2.75) is 13.5 Å². The molecule has 6 heteroatoms. The Labute approximate surface area is 130 Å². The summed E-state index contributed by atoms with van der Waals surface area (Å²) in [5, 5.41) is 2.59. The molecule has 0 fully saturated rings. The first kappa shape index (κ1) is 13.9. The summed E-state index contributed by atoms with van der Waals surface area (Å²) in [4.78, 5) is 25.2. The largest absolute Gasteiger partial charge is 0.467 e. The van der Waals surface area contributed by atoms with Gasteiger partial charge in [0.2, 0.25) is 0 Å². The third-order valence-electron chi connectivity index (χ3n) is 3.44. The summed E-state index contributed by atoms with van der Waals surface area (Å²) in [5.41, 5.74) is 1.87. The number of ketones is 1. The second-order valence-electron chi connectivity index (χ2n) is 4.73. The fourth-order valence-corrected chi connectivity index (χ4v) is 2.95. The summed E-state index contributed by atoms with van der Waals surface area (Å²) >= 11 is 3.48. The number of anilines is 2. The van der Waals surface area contributed by atoms with E-state index in [0.29, 0.717) is 17.8 Å². The molecule has 1 aromatic carbocycles. The Hall–Kier alpha value is -2.08. The number of furan rings is 1. The van der Waals surface area contributed by atoms with Crippen LogP contribution in [0.1, 0.15) is 23.0 Å². The fraction of sp³-hybridized carbons (Fsp3) is 0.200. The highest BCUT2D eigenvalue weighted by Crippen LogP contribution is 2.35. The number of hydrogen-bond donors (Lipinski definition) is 1. The van der Waals surface area contributed by atoms with Gasteiger partial charge in [-0.3, -0.25) is 9.59 Å². The van der Waals surface area contributed by atoms with E-state index in [1.165, 1.54) is 0 Å². The molecule has 0 radical (unpaired) electrons. The van der Waals surface area contributed by atoms with Crippen molar-refractivity contribution in [3.8, 4) is 0 Å². The molecule has 0 saturated carbocycles. The van der Waals surface area contributed by atoms with E-state index < -0.39 is 11.7 Å². The molecule has 5 nitrogen and oxygen atoms in total. The number of carbonyl (C=O) groups is 2. The van der Waals surface area contributed by atoms with Crippen LogP contribution in [0.5, 0.6) is 0 Å². The monoisotopic (exact) mass is 348 g/mol. The van der Waals surface area contributed by atoms with Crippen molar-refractivity contribution in [2.24, 2.45) is 0 Å². The van der Waals surface area contributed by atoms with Crippen molar-refractivity contribution in [1.29, 1.82) is 0 Å². The molecule has 0 aliphatic carbocycles. The maximum atomic E-state index is 11.7. The Balaban J connectivity index is 1.96. The molecule has 1 amide bonds. The summed E-state index contributed by atoms with van der Waals surface area (Å²) in [7, 11) is 0. The molecule has 21 heavy (non-hydrogen) atoms. The molecular weight excluding hydrogens is 336 g/mol. The van der Waals surface area contributed by atoms with Crippen LogP contribution in [0.25, 0.3) is 0 Å². The second kappa shape index (κ2) is 5.37. The molecule has 0 spiro atoms. The standard InChI is InChI=1S/C15H13BrN2O3/c1-2-18(8-9-4-3-5-21-9)13-7-12-10(6-11(13)16)14(19)15(20)17-12/h3-7H,2,8H2,1H3,(H,17,19,20). The van der Waals surface area contributed by atoms with E-state index in [2.05, 4.69) is 26.1 Å². The van der Waals surface area contributed by atoms with Crippen LogP contribution in [0.4, 0.5) is 11.4 Å². The van der Waals surface area contributed by atoms with Gasteiger partial charge < -0.3 is 14.6 Å². The number of halogens is 1. The first-order valence-electron chi connectivity index (χ1n) is 6.56. The predicted molar refractivity (Wildman–Crippen MR) is 82.5 cm³/mol. The van der Waals surface area contributed by atoms with Crippen molar-refractivity contribution in [1.82, 2.24) is 0 Å². The van der Waals surface area contributed by atoms with Crippen LogP contribution in [0.2, 0.25) is 0 Å². The van der Waals surface area contributed by atoms with Gasteiger partial charge in [-0.05, 0) is 47.1 Å². The molecule has 0 unspecified atom stereocenters. The van der Waals surface area contributed by atoms with Gasteiger partial charge in [0.05, 0.1) is 29.7 Å². The van der Waals surface area contributed by atoms with E-state index in [0.717, 1.165) is 22.5 Å². The normalized spacial score (nSPS) is 13.2. The topological polar surface area (TPSA) is 62.6 Å². The van der Waals surface area contributed by atoms with E-state index >= 15 is 0 Å². The number of fused-ring (bicyclic) bond motifs is 1. The summed E-state index contributed by atoms with van der Waals surface area (Å²) in [6.07, 6.45) is 1.64. The van der Waals surface area contributed by atoms with Crippen molar-refractivity contribution >= 4 is 39.0 Å².